The van der Waals surface area contributed by atoms with Gasteiger partial charge in [0, 0.05) is 50.3 Å². The van der Waals surface area contributed by atoms with Crippen LogP contribution in [0.25, 0.3) is 0 Å². The molecule has 2 heterocycles. The summed E-state index contributed by atoms with van der Waals surface area (Å²) in [5, 5.41) is 3.16. The summed E-state index contributed by atoms with van der Waals surface area (Å²) in [6.45, 7) is 5.45. The zero-order valence-electron chi connectivity index (χ0n) is 23.9. The van der Waals surface area contributed by atoms with Crippen molar-refractivity contribution in [3.63, 3.8) is 0 Å². The maximum absolute atomic E-state index is 14.9. The summed E-state index contributed by atoms with van der Waals surface area (Å²) in [4.78, 5) is 33.9. The van der Waals surface area contributed by atoms with E-state index in [4.69, 9.17) is 0 Å². The molecule has 2 amide bonds. The number of rotatable bonds is 6. The lowest BCUT2D eigenvalue weighted by atomic mass is 9.83. The fourth-order valence-corrected chi connectivity index (χ4v) is 6.24. The molecule has 0 spiro atoms. The third-order valence-corrected chi connectivity index (χ3v) is 8.41. The van der Waals surface area contributed by atoms with Gasteiger partial charge in [0.2, 0.25) is 5.91 Å². The molecule has 2 aliphatic heterocycles. The van der Waals surface area contributed by atoms with Crippen LogP contribution >= 0.6 is 0 Å². The second-order valence-corrected chi connectivity index (χ2v) is 11.3. The highest BCUT2D eigenvalue weighted by atomic mass is 19.1. The molecule has 3 aromatic carbocycles. The first-order valence-corrected chi connectivity index (χ1v) is 14.3. The first-order valence-electron chi connectivity index (χ1n) is 14.3. The van der Waals surface area contributed by atoms with Gasteiger partial charge in [-0.05, 0) is 87.1 Å². The van der Waals surface area contributed by atoms with Gasteiger partial charge in [-0.1, -0.05) is 30.3 Å². The molecule has 0 radical (unpaired) electrons. The van der Waals surface area contributed by atoms with Crippen molar-refractivity contribution in [3.8, 4) is 0 Å². The van der Waals surface area contributed by atoms with E-state index in [0.717, 1.165) is 35.6 Å². The number of hydrogen-bond acceptors (Lipinski definition) is 4. The Morgan fingerprint density at radius 3 is 2.35 bits per heavy atom. The standard InChI is InChI=1S/C33H39FN4O2/c1-22-9-5-14-29(34)30(22)33(40)38-20-8-13-28(31(38)24-15-17-26(18-16-24)36(3)4)32(39)35-25-11-6-12-27(21-25)37-19-7-10-23(37)2/h5-6,9,11-12,14-18,21,23,28,31H,7-8,10,13,19-20H2,1-4H3,(H,35,39). The Balaban J connectivity index is 1.47. The fourth-order valence-electron chi connectivity index (χ4n) is 6.24. The summed E-state index contributed by atoms with van der Waals surface area (Å²) < 4.78 is 14.9. The number of halogens is 1. The van der Waals surface area contributed by atoms with Gasteiger partial charge in [-0.15, -0.1) is 0 Å². The highest BCUT2D eigenvalue weighted by Gasteiger charge is 2.40. The molecule has 3 unspecified atom stereocenters. The van der Waals surface area contributed by atoms with E-state index in [9.17, 15) is 14.0 Å². The maximum Gasteiger partial charge on any atom is 0.257 e. The SMILES string of the molecule is Cc1cccc(F)c1C(=O)N1CCCC(C(=O)Nc2cccc(N3CCCC3C)c2)C1c1ccc(N(C)C)cc1. The maximum atomic E-state index is 14.9. The molecule has 5 rings (SSSR count). The van der Waals surface area contributed by atoms with E-state index in [1.165, 1.54) is 12.5 Å². The molecular formula is C33H39FN4O2. The summed E-state index contributed by atoms with van der Waals surface area (Å²) in [5.74, 6) is -1.52. The Bertz CT molecular complexity index is 1350. The predicted molar refractivity (Wildman–Crippen MR) is 160 cm³/mol. The number of likely N-dealkylation sites (tertiary alicyclic amines) is 1. The van der Waals surface area contributed by atoms with E-state index >= 15 is 0 Å². The molecule has 2 fully saturated rings. The number of aryl methyl sites for hydroxylation is 1. The van der Waals surface area contributed by atoms with Gasteiger partial charge in [0.15, 0.2) is 0 Å². The molecule has 2 aliphatic rings. The van der Waals surface area contributed by atoms with Gasteiger partial charge in [0.1, 0.15) is 5.82 Å². The minimum absolute atomic E-state index is 0.0749. The number of amides is 2. The number of carbonyl (C=O) groups excluding carboxylic acids is 2. The summed E-state index contributed by atoms with van der Waals surface area (Å²) >= 11 is 0. The molecule has 7 heteroatoms. The quantitative estimate of drug-likeness (QED) is 0.391. The van der Waals surface area contributed by atoms with E-state index in [0.29, 0.717) is 31.0 Å². The van der Waals surface area contributed by atoms with E-state index in [1.807, 2.05) is 61.5 Å². The van der Waals surface area contributed by atoms with E-state index in [1.54, 1.807) is 24.0 Å². The Morgan fingerprint density at radius 1 is 0.950 bits per heavy atom. The summed E-state index contributed by atoms with van der Waals surface area (Å²) in [6.07, 6.45) is 3.63. The largest absolute Gasteiger partial charge is 0.378 e. The Morgan fingerprint density at radius 2 is 1.68 bits per heavy atom. The van der Waals surface area contributed by atoms with Crippen LogP contribution in [-0.2, 0) is 4.79 Å². The zero-order chi connectivity index (χ0) is 28.4. The first kappa shape index (κ1) is 27.7. The second-order valence-electron chi connectivity index (χ2n) is 11.3. The Kier molecular flexibility index (Phi) is 8.10. The summed E-state index contributed by atoms with van der Waals surface area (Å²) in [7, 11) is 3.94. The van der Waals surface area contributed by atoms with E-state index in [-0.39, 0.29) is 17.4 Å². The van der Waals surface area contributed by atoms with Crippen molar-refractivity contribution in [2.75, 3.05) is 42.3 Å². The molecule has 0 saturated carbocycles. The monoisotopic (exact) mass is 542 g/mol. The van der Waals surface area contributed by atoms with Crippen LogP contribution in [0, 0.1) is 18.7 Å². The molecular weight excluding hydrogens is 503 g/mol. The van der Waals surface area contributed by atoms with Crippen LogP contribution in [0.3, 0.4) is 0 Å². The molecule has 3 atom stereocenters. The third kappa shape index (κ3) is 5.55. The van der Waals surface area contributed by atoms with Crippen LogP contribution in [0.1, 0.15) is 60.1 Å². The second kappa shape index (κ2) is 11.7. The van der Waals surface area contributed by atoms with Gasteiger partial charge >= 0.3 is 0 Å². The summed E-state index contributed by atoms with van der Waals surface area (Å²) in [6, 6.07) is 20.6. The van der Waals surface area contributed by atoms with Crippen LogP contribution < -0.4 is 15.1 Å². The minimum Gasteiger partial charge on any atom is -0.378 e. The van der Waals surface area contributed by atoms with Gasteiger partial charge in [0.05, 0.1) is 17.5 Å². The molecule has 0 aromatic heterocycles. The van der Waals surface area contributed by atoms with Crippen molar-refractivity contribution in [3.05, 3.63) is 89.2 Å². The van der Waals surface area contributed by atoms with Crippen molar-refractivity contribution in [2.45, 2.75) is 51.6 Å². The fraction of sp³-hybridized carbons (Fsp3) is 0.394. The van der Waals surface area contributed by atoms with Gasteiger partial charge in [0.25, 0.3) is 5.91 Å². The average molecular weight is 543 g/mol. The molecule has 3 aromatic rings. The van der Waals surface area contributed by atoms with E-state index < -0.39 is 17.8 Å². The van der Waals surface area contributed by atoms with E-state index in [2.05, 4.69) is 23.2 Å². The molecule has 0 bridgehead atoms. The average Bonchev–Trinajstić information content (AvgIpc) is 3.38. The molecule has 6 nitrogen and oxygen atoms in total. The van der Waals surface area contributed by atoms with Gasteiger partial charge < -0.3 is 20.0 Å². The smallest absolute Gasteiger partial charge is 0.257 e. The van der Waals surface area contributed by atoms with Gasteiger partial charge in [-0.3, -0.25) is 9.59 Å². The lowest BCUT2D eigenvalue weighted by molar-refractivity contribution is -0.123. The Hall–Kier alpha value is -3.87. The first-order chi connectivity index (χ1) is 19.2. The van der Waals surface area contributed by atoms with Crippen molar-refractivity contribution in [1.82, 2.24) is 4.90 Å². The van der Waals surface area contributed by atoms with Crippen molar-refractivity contribution >= 4 is 28.9 Å². The van der Waals surface area contributed by atoms with Crippen LogP contribution in [-0.4, -0.2) is 49.9 Å². The Labute approximate surface area is 236 Å². The van der Waals surface area contributed by atoms with Crippen molar-refractivity contribution in [1.29, 1.82) is 0 Å². The lowest BCUT2D eigenvalue weighted by Crippen LogP contribution is -2.46. The number of anilines is 3. The van der Waals surface area contributed by atoms with Crippen LogP contribution in [0.2, 0.25) is 0 Å². The number of hydrogen-bond donors (Lipinski definition) is 1. The number of nitrogens with zero attached hydrogens (tertiary/aromatic N) is 3. The molecule has 210 valence electrons. The normalized spacial score (nSPS) is 20.9. The van der Waals surface area contributed by atoms with Crippen LogP contribution in [0.5, 0.6) is 0 Å². The third-order valence-electron chi connectivity index (χ3n) is 8.41. The number of nitrogens with one attached hydrogen (secondary N) is 1. The number of benzene rings is 3. The van der Waals surface area contributed by atoms with Gasteiger partial charge in [-0.25, -0.2) is 4.39 Å². The van der Waals surface area contributed by atoms with Crippen molar-refractivity contribution in [2.24, 2.45) is 5.92 Å². The number of piperidine rings is 1. The molecule has 40 heavy (non-hydrogen) atoms. The predicted octanol–water partition coefficient (Wildman–Crippen LogP) is 6.42. The topological polar surface area (TPSA) is 55.9 Å². The number of carbonyl (C=O) groups is 2. The van der Waals surface area contributed by atoms with Crippen LogP contribution in [0.4, 0.5) is 21.5 Å². The van der Waals surface area contributed by atoms with Crippen molar-refractivity contribution < 1.29 is 14.0 Å². The minimum atomic E-state index is -0.536. The zero-order valence-corrected chi connectivity index (χ0v) is 23.9. The summed E-state index contributed by atoms with van der Waals surface area (Å²) in [5.41, 5.74) is 4.41. The molecule has 1 N–H and O–H groups in total. The van der Waals surface area contributed by atoms with Gasteiger partial charge in [-0.2, -0.15) is 0 Å². The lowest BCUT2D eigenvalue weighted by Gasteiger charge is -2.41. The highest BCUT2D eigenvalue weighted by molar-refractivity contribution is 5.98. The molecule has 0 aliphatic carbocycles. The highest BCUT2D eigenvalue weighted by Crippen LogP contribution is 2.39. The molecule has 2 saturated heterocycles. The van der Waals surface area contributed by atoms with Crippen LogP contribution in [0.15, 0.2) is 66.7 Å².